The summed E-state index contributed by atoms with van der Waals surface area (Å²) in [6, 6.07) is 5.96. The molecule has 1 aromatic carbocycles. The first-order chi connectivity index (χ1) is 12.6. The Morgan fingerprint density at radius 3 is 2.81 bits per heavy atom. The number of nitrogens with zero attached hydrogens (tertiary/aromatic N) is 1. The van der Waals surface area contributed by atoms with E-state index in [1.165, 1.54) is 31.4 Å². The summed E-state index contributed by atoms with van der Waals surface area (Å²) in [5.74, 6) is 0.0280. The summed E-state index contributed by atoms with van der Waals surface area (Å²) in [6.07, 6.45) is 5.11. The lowest BCUT2D eigenvalue weighted by Gasteiger charge is -2.28. The van der Waals surface area contributed by atoms with Crippen LogP contribution in [0.3, 0.4) is 0 Å². The molecule has 2 amide bonds. The van der Waals surface area contributed by atoms with E-state index in [-0.39, 0.29) is 11.6 Å². The highest BCUT2D eigenvalue weighted by atomic mass is 19.1. The number of rotatable bonds is 8. The molecule has 1 fully saturated rings. The molecule has 2 rings (SSSR count). The zero-order valence-corrected chi connectivity index (χ0v) is 15.2. The molecule has 142 valence electrons. The maximum Gasteiger partial charge on any atom is 0.314 e. The largest absolute Gasteiger partial charge is 0.382 e. The number of benzene rings is 1. The molecular formula is C19H27FN4O2. The number of carbonyl (C=O) groups is 1. The standard InChI is InChI=1S/C19H27FN4O2/c1-14-5-2-3-8-18(14)26-12-11-24-19(25)23-10-9-22-17-7-4-6-16(20)15(17)13-21/h4,6-7,14,18,22H,2-3,5,8-12H2,1H3,(H2,23,24,25). The Morgan fingerprint density at radius 2 is 2.04 bits per heavy atom. The average Bonchev–Trinajstić information content (AvgIpc) is 2.64. The molecule has 0 aliphatic heterocycles. The van der Waals surface area contributed by atoms with Crippen molar-refractivity contribution in [2.24, 2.45) is 5.92 Å². The molecule has 1 aromatic rings. The molecule has 2 unspecified atom stereocenters. The van der Waals surface area contributed by atoms with Crippen molar-refractivity contribution in [2.45, 2.75) is 38.7 Å². The van der Waals surface area contributed by atoms with E-state index in [4.69, 9.17) is 10.00 Å². The summed E-state index contributed by atoms with van der Waals surface area (Å²) in [7, 11) is 0. The second kappa shape index (κ2) is 10.6. The molecule has 0 radical (unpaired) electrons. The smallest absolute Gasteiger partial charge is 0.314 e. The first kappa shape index (κ1) is 20.0. The number of amides is 2. The van der Waals surface area contributed by atoms with Crippen LogP contribution in [0.2, 0.25) is 0 Å². The number of hydrogen-bond donors (Lipinski definition) is 3. The van der Waals surface area contributed by atoms with Gasteiger partial charge < -0.3 is 20.7 Å². The van der Waals surface area contributed by atoms with Crippen molar-refractivity contribution >= 4 is 11.7 Å². The lowest BCUT2D eigenvalue weighted by molar-refractivity contribution is -0.00242. The van der Waals surface area contributed by atoms with Crippen LogP contribution in [0.1, 0.15) is 38.2 Å². The molecule has 1 aliphatic rings. The number of nitriles is 1. The Bertz CT molecular complexity index is 632. The highest BCUT2D eigenvalue weighted by Crippen LogP contribution is 2.25. The quantitative estimate of drug-likeness (QED) is 0.621. The van der Waals surface area contributed by atoms with Crippen molar-refractivity contribution in [3.05, 3.63) is 29.6 Å². The van der Waals surface area contributed by atoms with Gasteiger partial charge in [0.1, 0.15) is 17.4 Å². The van der Waals surface area contributed by atoms with Crippen LogP contribution >= 0.6 is 0 Å². The molecule has 0 saturated heterocycles. The zero-order valence-electron chi connectivity index (χ0n) is 15.2. The van der Waals surface area contributed by atoms with Crippen molar-refractivity contribution in [1.29, 1.82) is 5.26 Å². The molecule has 6 nitrogen and oxygen atoms in total. The van der Waals surface area contributed by atoms with Gasteiger partial charge in [-0.3, -0.25) is 0 Å². The normalized spacial score (nSPS) is 19.4. The van der Waals surface area contributed by atoms with Gasteiger partial charge in [-0.15, -0.1) is 0 Å². The minimum atomic E-state index is -0.560. The first-order valence-corrected chi connectivity index (χ1v) is 9.17. The van der Waals surface area contributed by atoms with Crippen LogP contribution in [0.4, 0.5) is 14.9 Å². The predicted octanol–water partition coefficient (Wildman–Crippen LogP) is 3.00. The number of urea groups is 1. The van der Waals surface area contributed by atoms with E-state index < -0.39 is 5.82 Å². The van der Waals surface area contributed by atoms with Crippen molar-refractivity contribution in [3.8, 4) is 6.07 Å². The third kappa shape index (κ3) is 6.19. The number of carbonyl (C=O) groups excluding carboxylic acids is 1. The molecule has 1 saturated carbocycles. The van der Waals surface area contributed by atoms with Gasteiger partial charge in [0.2, 0.25) is 0 Å². The number of halogens is 1. The molecule has 2 atom stereocenters. The van der Waals surface area contributed by atoms with Crippen LogP contribution in [0.5, 0.6) is 0 Å². The van der Waals surface area contributed by atoms with E-state index in [0.717, 1.165) is 6.42 Å². The monoisotopic (exact) mass is 362 g/mol. The number of ether oxygens (including phenoxy) is 1. The summed E-state index contributed by atoms with van der Waals surface area (Å²) >= 11 is 0. The van der Waals surface area contributed by atoms with Gasteiger partial charge in [-0.05, 0) is 30.9 Å². The summed E-state index contributed by atoms with van der Waals surface area (Å²) in [5, 5.41) is 17.4. The van der Waals surface area contributed by atoms with Gasteiger partial charge >= 0.3 is 6.03 Å². The molecule has 0 bridgehead atoms. The van der Waals surface area contributed by atoms with E-state index in [1.54, 1.807) is 6.07 Å². The topological polar surface area (TPSA) is 86.2 Å². The minimum Gasteiger partial charge on any atom is -0.382 e. The Labute approximate surface area is 154 Å². The maximum atomic E-state index is 13.5. The fraction of sp³-hybridized carbons (Fsp3) is 0.579. The van der Waals surface area contributed by atoms with Crippen molar-refractivity contribution in [3.63, 3.8) is 0 Å². The molecule has 3 N–H and O–H groups in total. The number of nitrogens with one attached hydrogen (secondary N) is 3. The Morgan fingerprint density at radius 1 is 1.27 bits per heavy atom. The molecule has 0 spiro atoms. The van der Waals surface area contributed by atoms with E-state index >= 15 is 0 Å². The molecule has 26 heavy (non-hydrogen) atoms. The molecular weight excluding hydrogens is 335 g/mol. The van der Waals surface area contributed by atoms with Crippen LogP contribution in [-0.4, -0.2) is 38.4 Å². The van der Waals surface area contributed by atoms with Gasteiger partial charge in [-0.2, -0.15) is 5.26 Å². The van der Waals surface area contributed by atoms with Gasteiger partial charge in [-0.1, -0.05) is 25.8 Å². The number of anilines is 1. The Kier molecular flexibility index (Phi) is 8.16. The third-order valence-electron chi connectivity index (χ3n) is 4.60. The highest BCUT2D eigenvalue weighted by Gasteiger charge is 2.21. The van der Waals surface area contributed by atoms with Crippen LogP contribution < -0.4 is 16.0 Å². The predicted molar refractivity (Wildman–Crippen MR) is 98.4 cm³/mol. The van der Waals surface area contributed by atoms with Gasteiger partial charge in [0.25, 0.3) is 0 Å². The van der Waals surface area contributed by atoms with Crippen LogP contribution in [0.15, 0.2) is 18.2 Å². The Balaban J connectivity index is 1.57. The second-order valence-corrected chi connectivity index (χ2v) is 6.55. The van der Waals surface area contributed by atoms with E-state index in [9.17, 15) is 9.18 Å². The SMILES string of the molecule is CC1CCCCC1OCCNC(=O)NCCNc1cccc(F)c1C#N. The third-order valence-corrected chi connectivity index (χ3v) is 4.60. The molecule has 1 aliphatic carbocycles. The summed E-state index contributed by atoms with van der Waals surface area (Å²) < 4.78 is 19.3. The number of hydrogen-bond acceptors (Lipinski definition) is 4. The minimum absolute atomic E-state index is 0.0222. The lowest BCUT2D eigenvalue weighted by Crippen LogP contribution is -2.40. The van der Waals surface area contributed by atoms with Gasteiger partial charge in [-0.25, -0.2) is 9.18 Å². The molecule has 0 heterocycles. The zero-order chi connectivity index (χ0) is 18.8. The maximum absolute atomic E-state index is 13.5. The van der Waals surface area contributed by atoms with Gasteiger partial charge in [0.05, 0.1) is 18.4 Å². The van der Waals surface area contributed by atoms with Crippen LogP contribution in [0.25, 0.3) is 0 Å². The van der Waals surface area contributed by atoms with Gasteiger partial charge in [0, 0.05) is 19.6 Å². The van der Waals surface area contributed by atoms with Crippen molar-refractivity contribution < 1.29 is 13.9 Å². The van der Waals surface area contributed by atoms with Crippen molar-refractivity contribution in [1.82, 2.24) is 10.6 Å². The highest BCUT2D eigenvalue weighted by molar-refractivity contribution is 5.73. The van der Waals surface area contributed by atoms with E-state index in [1.807, 2.05) is 6.07 Å². The molecule has 0 aromatic heterocycles. The summed E-state index contributed by atoms with van der Waals surface area (Å²) in [4.78, 5) is 11.7. The fourth-order valence-corrected chi connectivity index (χ4v) is 3.13. The van der Waals surface area contributed by atoms with Crippen LogP contribution in [0, 0.1) is 23.1 Å². The second-order valence-electron chi connectivity index (χ2n) is 6.55. The molecule has 7 heteroatoms. The lowest BCUT2D eigenvalue weighted by atomic mass is 9.88. The summed E-state index contributed by atoms with van der Waals surface area (Å²) in [5.41, 5.74) is 0.399. The van der Waals surface area contributed by atoms with Crippen molar-refractivity contribution in [2.75, 3.05) is 31.6 Å². The fourth-order valence-electron chi connectivity index (χ4n) is 3.13. The van der Waals surface area contributed by atoms with E-state index in [2.05, 4.69) is 22.9 Å². The van der Waals surface area contributed by atoms with Crippen LogP contribution in [-0.2, 0) is 4.74 Å². The first-order valence-electron chi connectivity index (χ1n) is 9.17. The van der Waals surface area contributed by atoms with Gasteiger partial charge in [0.15, 0.2) is 0 Å². The average molecular weight is 362 g/mol. The Hall–Kier alpha value is -2.33. The van der Waals surface area contributed by atoms with E-state index in [0.29, 0.717) is 44.0 Å². The summed E-state index contributed by atoms with van der Waals surface area (Å²) in [6.45, 7) is 3.93.